The van der Waals surface area contributed by atoms with Crippen molar-refractivity contribution in [2.75, 3.05) is 0 Å². The van der Waals surface area contributed by atoms with Crippen LogP contribution in [0.25, 0.3) is 0 Å². The van der Waals surface area contributed by atoms with Crippen LogP contribution in [0.3, 0.4) is 0 Å². The van der Waals surface area contributed by atoms with Crippen molar-refractivity contribution < 1.29 is 9.53 Å². The largest absolute Gasteiger partial charge is 0.461 e. The van der Waals surface area contributed by atoms with Gasteiger partial charge in [-0.1, -0.05) is 67.1 Å². The van der Waals surface area contributed by atoms with Crippen LogP contribution in [0.15, 0.2) is 60.7 Å². The molecule has 120 valence electrons. The Morgan fingerprint density at radius 2 is 1.61 bits per heavy atom. The van der Waals surface area contributed by atoms with Gasteiger partial charge in [0.2, 0.25) is 0 Å². The molecule has 3 rings (SSSR count). The molecule has 0 amide bonds. The number of nitrogens with one attached hydrogen (secondary N) is 1. The van der Waals surface area contributed by atoms with Crippen molar-refractivity contribution in [2.24, 2.45) is 5.92 Å². The quantitative estimate of drug-likeness (QED) is 0.827. The lowest BCUT2D eigenvalue weighted by atomic mass is 10.0. The smallest absolute Gasteiger partial charge is 0.310 e. The van der Waals surface area contributed by atoms with Crippen molar-refractivity contribution in [1.29, 1.82) is 0 Å². The molecule has 0 aromatic heterocycles. The van der Waals surface area contributed by atoms with Gasteiger partial charge in [-0.25, -0.2) is 0 Å². The zero-order chi connectivity index (χ0) is 15.9. The maximum Gasteiger partial charge on any atom is 0.310 e. The molecule has 0 aliphatic heterocycles. The average Bonchev–Trinajstić information content (AvgIpc) is 3.08. The molecule has 0 spiro atoms. The Morgan fingerprint density at radius 1 is 0.957 bits per heavy atom. The molecule has 3 nitrogen and oxygen atoms in total. The van der Waals surface area contributed by atoms with Gasteiger partial charge in [-0.15, -0.1) is 0 Å². The Balaban J connectivity index is 1.50. The zero-order valence-electron chi connectivity index (χ0n) is 13.3. The molecule has 1 saturated carbocycles. The second-order valence-electron chi connectivity index (χ2n) is 6.10. The Kier molecular flexibility index (Phi) is 5.43. The topological polar surface area (TPSA) is 38.3 Å². The number of hydrogen-bond acceptors (Lipinski definition) is 3. The van der Waals surface area contributed by atoms with Crippen LogP contribution < -0.4 is 5.32 Å². The van der Waals surface area contributed by atoms with E-state index in [1.54, 1.807) is 0 Å². The number of rotatable bonds is 6. The Morgan fingerprint density at radius 3 is 2.30 bits per heavy atom. The van der Waals surface area contributed by atoms with E-state index in [1.165, 1.54) is 5.56 Å². The van der Waals surface area contributed by atoms with Crippen molar-refractivity contribution >= 4 is 5.97 Å². The first-order valence-corrected chi connectivity index (χ1v) is 8.31. The molecule has 0 unspecified atom stereocenters. The predicted octanol–water partition coefficient (Wildman–Crippen LogP) is 3.69. The number of carbonyl (C=O) groups is 1. The number of hydrogen-bond donors (Lipinski definition) is 1. The van der Waals surface area contributed by atoms with E-state index in [0.717, 1.165) is 31.4 Å². The van der Waals surface area contributed by atoms with Crippen molar-refractivity contribution in [3.8, 4) is 0 Å². The maximum absolute atomic E-state index is 12.4. The molecule has 0 radical (unpaired) electrons. The van der Waals surface area contributed by atoms with E-state index < -0.39 is 0 Å². The number of carbonyl (C=O) groups excluding carboxylic acids is 1. The third kappa shape index (κ3) is 4.42. The normalized spacial score (nSPS) is 20.3. The molecule has 0 saturated heterocycles. The van der Waals surface area contributed by atoms with Crippen LogP contribution in [0.5, 0.6) is 0 Å². The molecule has 1 N–H and O–H groups in total. The molecule has 2 aromatic carbocycles. The lowest BCUT2D eigenvalue weighted by Crippen LogP contribution is -2.36. The van der Waals surface area contributed by atoms with Crippen LogP contribution in [0, 0.1) is 5.92 Å². The van der Waals surface area contributed by atoms with Gasteiger partial charge in [0.05, 0.1) is 5.92 Å². The van der Waals surface area contributed by atoms with Crippen LogP contribution in [0.2, 0.25) is 0 Å². The van der Waals surface area contributed by atoms with Gasteiger partial charge in [0, 0.05) is 12.6 Å². The minimum atomic E-state index is -0.0723. The van der Waals surface area contributed by atoms with E-state index in [2.05, 4.69) is 17.4 Å². The summed E-state index contributed by atoms with van der Waals surface area (Å²) in [5, 5.41) is 3.53. The van der Waals surface area contributed by atoms with Crippen molar-refractivity contribution in [3.63, 3.8) is 0 Å². The lowest BCUT2D eigenvalue weighted by molar-refractivity contribution is -0.150. The van der Waals surface area contributed by atoms with E-state index in [1.807, 2.05) is 48.5 Å². The average molecular weight is 309 g/mol. The third-order valence-corrected chi connectivity index (χ3v) is 4.45. The van der Waals surface area contributed by atoms with Crippen LogP contribution in [-0.2, 0) is 22.7 Å². The summed E-state index contributed by atoms with van der Waals surface area (Å²) in [6, 6.07) is 20.4. The number of ether oxygens (including phenoxy) is 1. The third-order valence-electron chi connectivity index (χ3n) is 4.45. The number of benzene rings is 2. The zero-order valence-corrected chi connectivity index (χ0v) is 13.3. The molecule has 0 bridgehead atoms. The monoisotopic (exact) mass is 309 g/mol. The SMILES string of the molecule is O=C(OCc1ccccc1)[C@@H]1CCC[C@@H]1NCc1ccccc1. The fourth-order valence-electron chi connectivity index (χ4n) is 3.17. The summed E-state index contributed by atoms with van der Waals surface area (Å²) in [7, 11) is 0. The van der Waals surface area contributed by atoms with Crippen molar-refractivity contribution in [1.82, 2.24) is 5.32 Å². The van der Waals surface area contributed by atoms with Gasteiger partial charge in [0.25, 0.3) is 0 Å². The lowest BCUT2D eigenvalue weighted by Gasteiger charge is -2.20. The molecule has 3 heteroatoms. The Labute approximate surface area is 137 Å². The molecule has 23 heavy (non-hydrogen) atoms. The Bertz CT molecular complexity index is 612. The molecular weight excluding hydrogens is 286 g/mol. The highest BCUT2D eigenvalue weighted by Gasteiger charge is 2.33. The highest BCUT2D eigenvalue weighted by atomic mass is 16.5. The molecule has 2 aromatic rings. The fraction of sp³-hybridized carbons (Fsp3) is 0.350. The summed E-state index contributed by atoms with van der Waals surface area (Å²) >= 11 is 0. The molecule has 1 aliphatic carbocycles. The molecule has 0 heterocycles. The van der Waals surface area contributed by atoms with E-state index in [-0.39, 0.29) is 17.9 Å². The van der Waals surface area contributed by atoms with E-state index >= 15 is 0 Å². The highest BCUT2D eigenvalue weighted by Crippen LogP contribution is 2.27. The highest BCUT2D eigenvalue weighted by molar-refractivity contribution is 5.73. The predicted molar refractivity (Wildman–Crippen MR) is 90.6 cm³/mol. The first-order valence-electron chi connectivity index (χ1n) is 8.31. The summed E-state index contributed by atoms with van der Waals surface area (Å²) in [5.74, 6) is -0.0978. The summed E-state index contributed by atoms with van der Waals surface area (Å²) in [6.45, 7) is 1.16. The van der Waals surface area contributed by atoms with Crippen LogP contribution in [0.4, 0.5) is 0 Å². The first kappa shape index (κ1) is 15.8. The summed E-state index contributed by atoms with van der Waals surface area (Å²) in [6.07, 6.45) is 3.04. The van der Waals surface area contributed by atoms with Crippen molar-refractivity contribution in [2.45, 2.75) is 38.5 Å². The maximum atomic E-state index is 12.4. The van der Waals surface area contributed by atoms with E-state index in [0.29, 0.717) is 6.61 Å². The minimum absolute atomic E-state index is 0.0255. The van der Waals surface area contributed by atoms with Crippen LogP contribution >= 0.6 is 0 Å². The number of esters is 1. The molecule has 2 atom stereocenters. The minimum Gasteiger partial charge on any atom is -0.461 e. The summed E-state index contributed by atoms with van der Waals surface area (Å²) in [4.78, 5) is 12.4. The van der Waals surface area contributed by atoms with Gasteiger partial charge < -0.3 is 10.1 Å². The fourth-order valence-corrected chi connectivity index (χ4v) is 3.17. The van der Waals surface area contributed by atoms with Gasteiger partial charge in [-0.05, 0) is 24.0 Å². The Hall–Kier alpha value is -2.13. The second-order valence-corrected chi connectivity index (χ2v) is 6.10. The van der Waals surface area contributed by atoms with Gasteiger partial charge in [0.15, 0.2) is 0 Å². The van der Waals surface area contributed by atoms with E-state index in [4.69, 9.17) is 4.74 Å². The van der Waals surface area contributed by atoms with Gasteiger partial charge in [-0.2, -0.15) is 0 Å². The molecular formula is C20H23NO2. The van der Waals surface area contributed by atoms with E-state index in [9.17, 15) is 4.79 Å². The van der Waals surface area contributed by atoms with Gasteiger partial charge >= 0.3 is 5.97 Å². The van der Waals surface area contributed by atoms with Crippen molar-refractivity contribution in [3.05, 3.63) is 71.8 Å². The molecule has 1 fully saturated rings. The van der Waals surface area contributed by atoms with Gasteiger partial charge in [0.1, 0.15) is 6.61 Å². The molecule has 1 aliphatic rings. The first-order chi connectivity index (χ1) is 11.3. The second kappa shape index (κ2) is 7.93. The summed E-state index contributed by atoms with van der Waals surface area (Å²) in [5.41, 5.74) is 2.28. The van der Waals surface area contributed by atoms with Crippen LogP contribution in [-0.4, -0.2) is 12.0 Å². The summed E-state index contributed by atoms with van der Waals surface area (Å²) < 4.78 is 5.52. The van der Waals surface area contributed by atoms with Gasteiger partial charge in [-0.3, -0.25) is 4.79 Å². The standard InChI is InChI=1S/C20H23NO2/c22-20(23-15-17-10-5-2-6-11-17)18-12-7-13-19(18)21-14-16-8-3-1-4-9-16/h1-6,8-11,18-19,21H,7,12-15H2/t18-,19+/m1/s1. The van der Waals surface area contributed by atoms with Crippen LogP contribution in [0.1, 0.15) is 30.4 Å².